The van der Waals surface area contributed by atoms with Crippen LogP contribution in [0.1, 0.15) is 16.3 Å². The minimum atomic E-state index is -0.313. The molecule has 1 heterocycles. The largest absolute Gasteiger partial charge is 0.495 e. The fourth-order valence-electron chi connectivity index (χ4n) is 1.52. The minimum absolute atomic E-state index is 0.305. The highest BCUT2D eigenvalue weighted by Gasteiger charge is 2.09. The Labute approximate surface area is 115 Å². The van der Waals surface area contributed by atoms with Crippen molar-refractivity contribution >= 4 is 23.2 Å². The van der Waals surface area contributed by atoms with E-state index >= 15 is 0 Å². The second-order valence-electron chi connectivity index (χ2n) is 3.79. The zero-order valence-electron chi connectivity index (χ0n) is 10.5. The third-order valence-corrected chi connectivity index (χ3v) is 2.71. The summed E-state index contributed by atoms with van der Waals surface area (Å²) in [5, 5.41) is 3.14. The quantitative estimate of drug-likeness (QED) is 0.937. The number of anilines is 1. The van der Waals surface area contributed by atoms with Crippen molar-refractivity contribution in [3.63, 3.8) is 0 Å². The van der Waals surface area contributed by atoms with Gasteiger partial charge in [0.1, 0.15) is 17.3 Å². The number of halogens is 1. The topological polar surface area (TPSA) is 64.1 Å². The molecule has 0 unspecified atom stereocenters. The normalized spacial score (nSPS) is 10.1. The van der Waals surface area contributed by atoms with Gasteiger partial charge in [-0.25, -0.2) is 9.97 Å². The van der Waals surface area contributed by atoms with Gasteiger partial charge < -0.3 is 10.1 Å². The fourth-order valence-corrected chi connectivity index (χ4v) is 1.78. The number of hydrogen-bond donors (Lipinski definition) is 1. The van der Waals surface area contributed by atoms with E-state index in [1.807, 2.05) is 0 Å². The molecular weight excluding hydrogens is 266 g/mol. The number of rotatable bonds is 3. The number of aryl methyl sites for hydroxylation is 1. The molecule has 0 bridgehead atoms. The maximum Gasteiger partial charge on any atom is 0.274 e. The van der Waals surface area contributed by atoms with Crippen LogP contribution in [0.5, 0.6) is 5.75 Å². The summed E-state index contributed by atoms with van der Waals surface area (Å²) in [7, 11) is 1.53. The first-order valence-corrected chi connectivity index (χ1v) is 5.92. The smallest absolute Gasteiger partial charge is 0.274 e. The number of carbonyl (C=O) groups excluding carboxylic acids is 1. The Bertz CT molecular complexity index is 617. The minimum Gasteiger partial charge on any atom is -0.495 e. The van der Waals surface area contributed by atoms with Gasteiger partial charge in [-0.3, -0.25) is 4.79 Å². The van der Waals surface area contributed by atoms with Crippen LogP contribution in [0.25, 0.3) is 0 Å². The third kappa shape index (κ3) is 3.20. The van der Waals surface area contributed by atoms with E-state index in [9.17, 15) is 4.79 Å². The van der Waals surface area contributed by atoms with Gasteiger partial charge in [0.2, 0.25) is 0 Å². The second kappa shape index (κ2) is 5.67. The molecule has 0 spiro atoms. The lowest BCUT2D eigenvalue weighted by Crippen LogP contribution is -2.14. The highest BCUT2D eigenvalue weighted by Crippen LogP contribution is 2.27. The summed E-state index contributed by atoms with van der Waals surface area (Å²) in [6.07, 6.45) is 1.54. The van der Waals surface area contributed by atoms with Crippen LogP contribution in [-0.4, -0.2) is 23.0 Å². The van der Waals surface area contributed by atoms with E-state index in [0.717, 1.165) is 0 Å². The van der Waals surface area contributed by atoms with Gasteiger partial charge >= 0.3 is 0 Å². The predicted octanol–water partition coefficient (Wildman–Crippen LogP) is 2.70. The average molecular weight is 278 g/mol. The van der Waals surface area contributed by atoms with E-state index < -0.39 is 0 Å². The lowest BCUT2D eigenvalue weighted by Gasteiger charge is -2.07. The zero-order chi connectivity index (χ0) is 13.8. The van der Waals surface area contributed by atoms with Crippen LogP contribution in [-0.2, 0) is 0 Å². The van der Waals surface area contributed by atoms with Gasteiger partial charge in [-0.05, 0) is 31.2 Å². The number of carbonyl (C=O) groups is 1. The van der Waals surface area contributed by atoms with Gasteiger partial charge in [0, 0.05) is 11.9 Å². The summed E-state index contributed by atoms with van der Waals surface area (Å²) < 4.78 is 5.04. The Hall–Kier alpha value is -2.14. The molecule has 0 saturated heterocycles. The first-order chi connectivity index (χ1) is 9.10. The van der Waals surface area contributed by atoms with Gasteiger partial charge in [0.25, 0.3) is 5.91 Å². The lowest BCUT2D eigenvalue weighted by molar-refractivity contribution is 0.102. The molecule has 0 aliphatic carbocycles. The lowest BCUT2D eigenvalue weighted by atomic mass is 10.3. The molecule has 1 amide bonds. The van der Waals surface area contributed by atoms with Crippen LogP contribution < -0.4 is 10.1 Å². The van der Waals surface area contributed by atoms with Crippen molar-refractivity contribution in [3.05, 3.63) is 47.0 Å². The van der Waals surface area contributed by atoms with Crippen LogP contribution in [0.2, 0.25) is 5.02 Å². The molecule has 1 aromatic carbocycles. The first-order valence-electron chi connectivity index (χ1n) is 5.54. The van der Waals surface area contributed by atoms with Crippen molar-refractivity contribution in [2.45, 2.75) is 6.92 Å². The number of amides is 1. The number of nitrogens with zero attached hydrogens (tertiary/aromatic N) is 2. The van der Waals surface area contributed by atoms with Gasteiger partial charge in [0.15, 0.2) is 0 Å². The summed E-state index contributed by atoms with van der Waals surface area (Å²) in [4.78, 5) is 19.9. The third-order valence-electron chi connectivity index (χ3n) is 2.42. The molecule has 1 aromatic heterocycles. The molecule has 0 radical (unpaired) electrons. The summed E-state index contributed by atoms with van der Waals surface area (Å²) in [6, 6.07) is 6.56. The van der Waals surface area contributed by atoms with Gasteiger partial charge in [-0.15, -0.1) is 0 Å². The van der Waals surface area contributed by atoms with Crippen molar-refractivity contribution in [3.8, 4) is 5.75 Å². The SMILES string of the molecule is COc1ccc(NC(=O)c2ccnc(C)n2)cc1Cl. The van der Waals surface area contributed by atoms with Crippen LogP contribution in [0.15, 0.2) is 30.5 Å². The molecule has 0 aliphatic heterocycles. The molecule has 0 aliphatic rings. The van der Waals surface area contributed by atoms with Crippen LogP contribution in [0.4, 0.5) is 5.69 Å². The van der Waals surface area contributed by atoms with Crippen LogP contribution in [0.3, 0.4) is 0 Å². The Balaban J connectivity index is 2.17. The summed E-state index contributed by atoms with van der Waals surface area (Å²) >= 11 is 5.98. The Morgan fingerprint density at radius 1 is 1.37 bits per heavy atom. The van der Waals surface area contributed by atoms with Crippen molar-refractivity contribution in [1.82, 2.24) is 9.97 Å². The summed E-state index contributed by atoms with van der Waals surface area (Å²) in [5.74, 6) is 0.782. The molecule has 0 saturated carbocycles. The first kappa shape index (κ1) is 13.3. The molecule has 5 nitrogen and oxygen atoms in total. The van der Waals surface area contributed by atoms with Crippen LogP contribution in [0, 0.1) is 6.92 Å². The number of hydrogen-bond acceptors (Lipinski definition) is 4. The highest BCUT2D eigenvalue weighted by atomic mass is 35.5. The Morgan fingerprint density at radius 2 is 2.16 bits per heavy atom. The molecule has 19 heavy (non-hydrogen) atoms. The number of benzene rings is 1. The number of methoxy groups -OCH3 is 1. The monoisotopic (exact) mass is 277 g/mol. The average Bonchev–Trinajstić information content (AvgIpc) is 2.39. The van der Waals surface area contributed by atoms with E-state index in [1.165, 1.54) is 13.3 Å². The van der Waals surface area contributed by atoms with Crippen molar-refractivity contribution in [2.75, 3.05) is 12.4 Å². The van der Waals surface area contributed by atoms with Crippen molar-refractivity contribution in [1.29, 1.82) is 0 Å². The second-order valence-corrected chi connectivity index (χ2v) is 4.20. The van der Waals surface area contributed by atoms with Crippen molar-refractivity contribution < 1.29 is 9.53 Å². The van der Waals surface area contributed by atoms with E-state index in [2.05, 4.69) is 15.3 Å². The summed E-state index contributed by atoms with van der Waals surface area (Å²) in [6.45, 7) is 1.72. The van der Waals surface area contributed by atoms with E-state index in [4.69, 9.17) is 16.3 Å². The fraction of sp³-hybridized carbons (Fsp3) is 0.154. The van der Waals surface area contributed by atoms with E-state index in [1.54, 1.807) is 31.2 Å². The maximum absolute atomic E-state index is 12.0. The molecule has 0 atom stereocenters. The standard InChI is InChI=1S/C13H12ClN3O2/c1-8-15-6-5-11(16-8)13(18)17-9-3-4-12(19-2)10(14)7-9/h3-7H,1-2H3,(H,17,18). The molecule has 1 N–H and O–H groups in total. The molecule has 2 rings (SSSR count). The van der Waals surface area contributed by atoms with E-state index in [0.29, 0.717) is 28.0 Å². The molecular formula is C13H12ClN3O2. The molecule has 0 fully saturated rings. The Kier molecular flexibility index (Phi) is 3.97. The highest BCUT2D eigenvalue weighted by molar-refractivity contribution is 6.32. The summed E-state index contributed by atoms with van der Waals surface area (Å²) in [5.41, 5.74) is 0.881. The zero-order valence-corrected chi connectivity index (χ0v) is 11.2. The van der Waals surface area contributed by atoms with Gasteiger partial charge in [0.05, 0.1) is 12.1 Å². The van der Waals surface area contributed by atoms with Crippen LogP contribution >= 0.6 is 11.6 Å². The van der Waals surface area contributed by atoms with E-state index in [-0.39, 0.29) is 5.91 Å². The predicted molar refractivity (Wildman–Crippen MR) is 72.7 cm³/mol. The number of nitrogens with one attached hydrogen (secondary N) is 1. The Morgan fingerprint density at radius 3 is 2.79 bits per heavy atom. The number of aromatic nitrogens is 2. The van der Waals surface area contributed by atoms with Crippen molar-refractivity contribution in [2.24, 2.45) is 0 Å². The van der Waals surface area contributed by atoms with Gasteiger partial charge in [-0.1, -0.05) is 11.6 Å². The maximum atomic E-state index is 12.0. The molecule has 6 heteroatoms. The molecule has 98 valence electrons. The van der Waals surface area contributed by atoms with Gasteiger partial charge in [-0.2, -0.15) is 0 Å². The molecule has 2 aromatic rings. The number of ether oxygens (including phenoxy) is 1.